The topological polar surface area (TPSA) is 12.9 Å². The number of hydrogen-bond acceptors (Lipinski definition) is 1. The minimum absolute atomic E-state index is 0.302. The Balaban J connectivity index is 2.22. The molecular formula is C18H12ClF2N. The lowest BCUT2D eigenvalue weighted by Crippen LogP contribution is -1.95. The third kappa shape index (κ3) is 2.85. The fourth-order valence-corrected chi connectivity index (χ4v) is 2.60. The van der Waals surface area contributed by atoms with Gasteiger partial charge in [0, 0.05) is 23.2 Å². The lowest BCUT2D eigenvalue weighted by atomic mass is 9.95. The first-order valence-electron chi connectivity index (χ1n) is 6.75. The minimum Gasteiger partial charge on any atom is -0.256 e. The lowest BCUT2D eigenvalue weighted by Gasteiger charge is -2.13. The quantitative estimate of drug-likeness (QED) is 0.587. The van der Waals surface area contributed by atoms with Crippen molar-refractivity contribution in [3.05, 3.63) is 78.0 Å². The molecule has 0 saturated heterocycles. The summed E-state index contributed by atoms with van der Waals surface area (Å²) >= 11 is 6.04. The molecule has 0 amide bonds. The molecule has 0 aliphatic rings. The summed E-state index contributed by atoms with van der Waals surface area (Å²) in [5.41, 5.74) is 4.04. The molecule has 0 spiro atoms. The van der Waals surface area contributed by atoms with Gasteiger partial charge < -0.3 is 0 Å². The predicted molar refractivity (Wildman–Crippen MR) is 84.6 cm³/mol. The Labute approximate surface area is 132 Å². The average Bonchev–Trinajstić information content (AvgIpc) is 2.56. The van der Waals surface area contributed by atoms with Crippen LogP contribution in [0, 0.1) is 11.6 Å². The number of halogens is 3. The van der Waals surface area contributed by atoms with E-state index in [1.165, 1.54) is 24.3 Å². The molecule has 0 saturated carbocycles. The number of hydrogen-bond donors (Lipinski definition) is 0. The van der Waals surface area contributed by atoms with Gasteiger partial charge in [-0.05, 0) is 53.6 Å². The highest BCUT2D eigenvalue weighted by Gasteiger charge is 2.13. The van der Waals surface area contributed by atoms with E-state index in [-0.39, 0.29) is 11.6 Å². The molecule has 0 atom stereocenters. The van der Waals surface area contributed by atoms with Crippen molar-refractivity contribution in [2.45, 2.75) is 5.88 Å². The Morgan fingerprint density at radius 1 is 0.773 bits per heavy atom. The zero-order valence-corrected chi connectivity index (χ0v) is 12.3. The summed E-state index contributed by atoms with van der Waals surface area (Å²) < 4.78 is 26.3. The normalized spacial score (nSPS) is 10.7. The Bertz CT molecular complexity index is 783. The molecule has 0 radical (unpaired) electrons. The summed E-state index contributed by atoms with van der Waals surface area (Å²) in [6, 6.07) is 14.1. The van der Waals surface area contributed by atoms with Gasteiger partial charge in [-0.1, -0.05) is 12.1 Å². The fraction of sp³-hybridized carbons (Fsp3) is 0.0556. The van der Waals surface area contributed by atoms with Gasteiger partial charge in [0.05, 0.1) is 5.69 Å². The van der Waals surface area contributed by atoms with Crippen molar-refractivity contribution >= 4 is 11.6 Å². The zero-order chi connectivity index (χ0) is 15.5. The molecule has 0 bridgehead atoms. The number of alkyl halides is 1. The highest BCUT2D eigenvalue weighted by atomic mass is 35.5. The van der Waals surface area contributed by atoms with Crippen LogP contribution < -0.4 is 0 Å². The van der Waals surface area contributed by atoms with Crippen molar-refractivity contribution in [1.29, 1.82) is 0 Å². The van der Waals surface area contributed by atoms with Crippen LogP contribution in [0.5, 0.6) is 0 Å². The van der Waals surface area contributed by atoms with Crippen molar-refractivity contribution in [2.75, 3.05) is 0 Å². The second kappa shape index (κ2) is 6.24. The van der Waals surface area contributed by atoms with Gasteiger partial charge in [-0.3, -0.25) is 4.98 Å². The molecule has 0 unspecified atom stereocenters. The SMILES string of the molecule is Fc1ccc(-c2nccc(CCl)c2-c2ccc(F)cc2)cc1. The van der Waals surface area contributed by atoms with Crippen molar-refractivity contribution in [3.63, 3.8) is 0 Å². The molecule has 1 nitrogen and oxygen atoms in total. The predicted octanol–water partition coefficient (Wildman–Crippen LogP) is 5.43. The van der Waals surface area contributed by atoms with Crippen molar-refractivity contribution < 1.29 is 8.78 Å². The first kappa shape index (κ1) is 14.7. The smallest absolute Gasteiger partial charge is 0.123 e. The van der Waals surface area contributed by atoms with E-state index >= 15 is 0 Å². The number of benzene rings is 2. The van der Waals surface area contributed by atoms with Gasteiger partial charge in [0.1, 0.15) is 11.6 Å². The highest BCUT2D eigenvalue weighted by Crippen LogP contribution is 2.34. The summed E-state index contributed by atoms with van der Waals surface area (Å²) in [7, 11) is 0. The molecule has 4 heteroatoms. The van der Waals surface area contributed by atoms with E-state index in [4.69, 9.17) is 11.6 Å². The van der Waals surface area contributed by atoms with Crippen LogP contribution in [-0.2, 0) is 5.88 Å². The Kier molecular flexibility index (Phi) is 4.16. The lowest BCUT2D eigenvalue weighted by molar-refractivity contribution is 0.627. The Morgan fingerprint density at radius 2 is 1.32 bits per heavy atom. The van der Waals surface area contributed by atoms with Crippen LogP contribution in [0.15, 0.2) is 60.8 Å². The van der Waals surface area contributed by atoms with Gasteiger partial charge in [-0.25, -0.2) is 8.78 Å². The zero-order valence-electron chi connectivity index (χ0n) is 11.6. The van der Waals surface area contributed by atoms with Crippen molar-refractivity contribution in [1.82, 2.24) is 4.98 Å². The van der Waals surface area contributed by atoms with Gasteiger partial charge >= 0.3 is 0 Å². The van der Waals surface area contributed by atoms with Gasteiger partial charge in [-0.2, -0.15) is 0 Å². The first-order chi connectivity index (χ1) is 10.7. The van der Waals surface area contributed by atoms with Crippen molar-refractivity contribution in [3.8, 4) is 22.4 Å². The maximum absolute atomic E-state index is 13.2. The molecule has 1 aromatic heterocycles. The molecule has 0 fully saturated rings. The maximum Gasteiger partial charge on any atom is 0.123 e. The van der Waals surface area contributed by atoms with Crippen molar-refractivity contribution in [2.24, 2.45) is 0 Å². The third-order valence-corrected chi connectivity index (χ3v) is 3.72. The van der Waals surface area contributed by atoms with Crippen LogP contribution in [-0.4, -0.2) is 4.98 Å². The van der Waals surface area contributed by atoms with E-state index in [1.807, 2.05) is 6.07 Å². The van der Waals surface area contributed by atoms with E-state index in [0.717, 1.165) is 22.3 Å². The molecule has 2 aromatic carbocycles. The second-order valence-corrected chi connectivity index (χ2v) is 5.11. The van der Waals surface area contributed by atoms with E-state index in [2.05, 4.69) is 4.98 Å². The van der Waals surface area contributed by atoms with Crippen LogP contribution in [0.3, 0.4) is 0 Å². The number of pyridine rings is 1. The van der Waals surface area contributed by atoms with E-state index < -0.39 is 0 Å². The fourth-order valence-electron chi connectivity index (χ4n) is 2.38. The molecule has 0 N–H and O–H groups in total. The van der Waals surface area contributed by atoms with Crippen LogP contribution in [0.4, 0.5) is 8.78 Å². The monoisotopic (exact) mass is 315 g/mol. The maximum atomic E-state index is 13.2. The molecule has 0 aliphatic heterocycles. The summed E-state index contributed by atoms with van der Waals surface area (Å²) in [6.45, 7) is 0. The molecule has 3 aromatic rings. The van der Waals surface area contributed by atoms with Crippen LogP contribution in [0.25, 0.3) is 22.4 Å². The third-order valence-electron chi connectivity index (χ3n) is 3.43. The summed E-state index contributed by atoms with van der Waals surface area (Å²) in [5.74, 6) is -0.298. The second-order valence-electron chi connectivity index (χ2n) is 4.84. The summed E-state index contributed by atoms with van der Waals surface area (Å²) in [5, 5.41) is 0. The standard InChI is InChI=1S/C18H12ClF2N/c19-11-14-9-10-22-18(13-3-7-16(21)8-4-13)17(14)12-1-5-15(20)6-2-12/h1-10H,11H2. The van der Waals surface area contributed by atoms with Gasteiger partial charge in [0.15, 0.2) is 0 Å². The molecule has 22 heavy (non-hydrogen) atoms. The molecule has 0 aliphatic carbocycles. The molecular weight excluding hydrogens is 304 g/mol. The first-order valence-corrected chi connectivity index (χ1v) is 7.28. The molecule has 110 valence electrons. The minimum atomic E-state index is -0.305. The van der Waals surface area contributed by atoms with E-state index in [0.29, 0.717) is 11.6 Å². The average molecular weight is 316 g/mol. The highest BCUT2D eigenvalue weighted by molar-refractivity contribution is 6.17. The molecule has 1 heterocycles. The van der Waals surface area contributed by atoms with Crippen LogP contribution >= 0.6 is 11.6 Å². The molecule has 3 rings (SSSR count). The van der Waals surface area contributed by atoms with E-state index in [1.54, 1.807) is 30.5 Å². The number of nitrogens with zero attached hydrogens (tertiary/aromatic N) is 1. The van der Waals surface area contributed by atoms with E-state index in [9.17, 15) is 8.78 Å². The van der Waals surface area contributed by atoms with Crippen LogP contribution in [0.1, 0.15) is 5.56 Å². The van der Waals surface area contributed by atoms with Crippen LogP contribution in [0.2, 0.25) is 0 Å². The largest absolute Gasteiger partial charge is 0.256 e. The number of aromatic nitrogens is 1. The van der Waals surface area contributed by atoms with Gasteiger partial charge in [0.25, 0.3) is 0 Å². The Hall–Kier alpha value is -2.26. The number of rotatable bonds is 3. The Morgan fingerprint density at radius 3 is 1.86 bits per heavy atom. The summed E-state index contributed by atoms with van der Waals surface area (Å²) in [4.78, 5) is 4.41. The van der Waals surface area contributed by atoms with Gasteiger partial charge in [0.2, 0.25) is 0 Å². The summed E-state index contributed by atoms with van der Waals surface area (Å²) in [6.07, 6.45) is 1.67. The van der Waals surface area contributed by atoms with Gasteiger partial charge in [-0.15, -0.1) is 11.6 Å².